The molecular formula is C15H23FIN3S. The standard InChI is InChI=1S/C15H22FN3S.HI/c1-17-15(19-13-6-7-14(9-13)20-2)18-10-11-4-3-5-12(16)8-11;/h3-5,8,13-14H,6-7,9-10H2,1-2H3,(H2,17,18,19);1H. The van der Waals surface area contributed by atoms with Crippen molar-refractivity contribution in [3.05, 3.63) is 35.6 Å². The van der Waals surface area contributed by atoms with Gasteiger partial charge in [0.25, 0.3) is 0 Å². The zero-order valence-corrected chi connectivity index (χ0v) is 15.6. The average molecular weight is 423 g/mol. The number of hydrogen-bond donors (Lipinski definition) is 2. The summed E-state index contributed by atoms with van der Waals surface area (Å²) >= 11 is 1.94. The predicted octanol–water partition coefficient (Wildman–Crippen LogP) is 3.39. The molecule has 0 bridgehead atoms. The van der Waals surface area contributed by atoms with E-state index >= 15 is 0 Å². The first-order chi connectivity index (χ1) is 9.71. The SMILES string of the molecule is CN=C(NCc1cccc(F)c1)NC1CCC(SC)C1.I. The van der Waals surface area contributed by atoms with Gasteiger partial charge in [-0.05, 0) is 43.2 Å². The van der Waals surface area contributed by atoms with Crippen LogP contribution in [0.3, 0.4) is 0 Å². The van der Waals surface area contributed by atoms with E-state index in [0.717, 1.165) is 16.8 Å². The molecule has 1 fully saturated rings. The average Bonchev–Trinajstić information content (AvgIpc) is 2.91. The Bertz CT molecular complexity index is 470. The number of nitrogens with one attached hydrogen (secondary N) is 2. The smallest absolute Gasteiger partial charge is 0.191 e. The molecule has 2 N–H and O–H groups in total. The molecule has 2 atom stereocenters. The minimum absolute atomic E-state index is 0. The molecule has 1 aromatic carbocycles. The van der Waals surface area contributed by atoms with E-state index < -0.39 is 0 Å². The van der Waals surface area contributed by atoms with Gasteiger partial charge in [0.05, 0.1) is 0 Å². The molecule has 118 valence electrons. The Morgan fingerprint density at radius 3 is 2.86 bits per heavy atom. The second-order valence-electron chi connectivity index (χ2n) is 5.07. The van der Waals surface area contributed by atoms with Crippen LogP contribution in [0.2, 0.25) is 0 Å². The molecule has 3 nitrogen and oxygen atoms in total. The lowest BCUT2D eigenvalue weighted by molar-refractivity contribution is 0.611. The minimum Gasteiger partial charge on any atom is -0.354 e. The van der Waals surface area contributed by atoms with Crippen molar-refractivity contribution in [2.24, 2.45) is 4.99 Å². The Kier molecular flexibility index (Phi) is 8.39. The molecule has 0 radical (unpaired) electrons. The summed E-state index contributed by atoms with van der Waals surface area (Å²) in [5.41, 5.74) is 0.918. The van der Waals surface area contributed by atoms with E-state index in [4.69, 9.17) is 0 Å². The third-order valence-corrected chi connectivity index (χ3v) is 4.73. The van der Waals surface area contributed by atoms with E-state index in [-0.39, 0.29) is 29.8 Å². The molecule has 1 aliphatic carbocycles. The van der Waals surface area contributed by atoms with Crippen LogP contribution in [0, 0.1) is 5.82 Å². The summed E-state index contributed by atoms with van der Waals surface area (Å²) in [6.07, 6.45) is 5.80. The number of aliphatic imine (C=N–C) groups is 1. The normalized spacial score (nSPS) is 21.8. The van der Waals surface area contributed by atoms with Gasteiger partial charge in [-0.3, -0.25) is 4.99 Å². The first kappa shape index (κ1) is 18.5. The number of thioether (sulfide) groups is 1. The molecule has 1 aromatic rings. The zero-order valence-electron chi connectivity index (χ0n) is 12.4. The Labute approximate surface area is 147 Å². The highest BCUT2D eigenvalue weighted by atomic mass is 127. The van der Waals surface area contributed by atoms with Gasteiger partial charge in [-0.2, -0.15) is 11.8 Å². The van der Waals surface area contributed by atoms with Crippen molar-refractivity contribution >= 4 is 41.7 Å². The summed E-state index contributed by atoms with van der Waals surface area (Å²) < 4.78 is 13.1. The van der Waals surface area contributed by atoms with E-state index in [1.807, 2.05) is 17.8 Å². The molecule has 1 aliphatic rings. The van der Waals surface area contributed by atoms with E-state index in [2.05, 4.69) is 21.9 Å². The fourth-order valence-electron chi connectivity index (χ4n) is 2.51. The molecule has 0 heterocycles. The molecule has 2 unspecified atom stereocenters. The summed E-state index contributed by atoms with van der Waals surface area (Å²) in [5, 5.41) is 7.44. The van der Waals surface area contributed by atoms with Gasteiger partial charge >= 0.3 is 0 Å². The largest absolute Gasteiger partial charge is 0.354 e. The number of halogens is 2. The van der Waals surface area contributed by atoms with Crippen LogP contribution < -0.4 is 10.6 Å². The minimum atomic E-state index is -0.203. The number of rotatable bonds is 4. The number of guanidine groups is 1. The van der Waals surface area contributed by atoms with Crippen molar-refractivity contribution in [1.82, 2.24) is 10.6 Å². The van der Waals surface area contributed by atoms with Crippen molar-refractivity contribution in [2.75, 3.05) is 13.3 Å². The highest BCUT2D eigenvalue weighted by Crippen LogP contribution is 2.27. The Morgan fingerprint density at radius 2 is 2.24 bits per heavy atom. The lowest BCUT2D eigenvalue weighted by Gasteiger charge is -2.17. The number of benzene rings is 1. The van der Waals surface area contributed by atoms with Gasteiger partial charge < -0.3 is 10.6 Å². The summed E-state index contributed by atoms with van der Waals surface area (Å²) in [7, 11) is 1.77. The van der Waals surface area contributed by atoms with Gasteiger partial charge in [0.2, 0.25) is 0 Å². The van der Waals surface area contributed by atoms with Gasteiger partial charge in [-0.25, -0.2) is 4.39 Å². The monoisotopic (exact) mass is 423 g/mol. The Morgan fingerprint density at radius 1 is 1.43 bits per heavy atom. The maximum atomic E-state index is 13.1. The number of hydrogen-bond acceptors (Lipinski definition) is 2. The first-order valence-corrected chi connectivity index (χ1v) is 8.24. The second-order valence-corrected chi connectivity index (χ2v) is 6.21. The van der Waals surface area contributed by atoms with Crippen LogP contribution in [-0.4, -0.2) is 30.6 Å². The van der Waals surface area contributed by atoms with Crippen LogP contribution in [0.5, 0.6) is 0 Å². The molecule has 0 amide bonds. The van der Waals surface area contributed by atoms with Gasteiger partial charge in [-0.1, -0.05) is 12.1 Å². The van der Waals surface area contributed by atoms with E-state index in [1.54, 1.807) is 19.2 Å². The Hall–Kier alpha value is -0.500. The van der Waals surface area contributed by atoms with Gasteiger partial charge in [0, 0.05) is 24.9 Å². The van der Waals surface area contributed by atoms with Crippen molar-refractivity contribution in [1.29, 1.82) is 0 Å². The van der Waals surface area contributed by atoms with Crippen molar-refractivity contribution < 1.29 is 4.39 Å². The van der Waals surface area contributed by atoms with E-state index in [0.29, 0.717) is 12.6 Å². The molecule has 0 aromatic heterocycles. The van der Waals surface area contributed by atoms with E-state index in [9.17, 15) is 4.39 Å². The van der Waals surface area contributed by atoms with Crippen LogP contribution in [-0.2, 0) is 6.54 Å². The molecule has 0 aliphatic heterocycles. The molecule has 6 heteroatoms. The van der Waals surface area contributed by atoms with Gasteiger partial charge in [-0.15, -0.1) is 24.0 Å². The fourth-order valence-corrected chi connectivity index (χ4v) is 3.30. The fraction of sp³-hybridized carbons (Fsp3) is 0.533. The maximum Gasteiger partial charge on any atom is 0.191 e. The topological polar surface area (TPSA) is 36.4 Å². The third kappa shape index (κ3) is 6.02. The molecule has 0 saturated heterocycles. The Balaban J connectivity index is 0.00000220. The quantitative estimate of drug-likeness (QED) is 0.443. The highest BCUT2D eigenvalue weighted by Gasteiger charge is 2.24. The van der Waals surface area contributed by atoms with Crippen molar-refractivity contribution in [3.63, 3.8) is 0 Å². The van der Waals surface area contributed by atoms with Crippen LogP contribution in [0.1, 0.15) is 24.8 Å². The summed E-state index contributed by atoms with van der Waals surface area (Å²) in [5.74, 6) is 0.590. The molecule has 1 saturated carbocycles. The summed E-state index contributed by atoms with van der Waals surface area (Å²) in [4.78, 5) is 4.23. The van der Waals surface area contributed by atoms with Crippen molar-refractivity contribution in [3.8, 4) is 0 Å². The van der Waals surface area contributed by atoms with Crippen LogP contribution >= 0.6 is 35.7 Å². The van der Waals surface area contributed by atoms with Crippen LogP contribution in [0.25, 0.3) is 0 Å². The second kappa shape index (κ2) is 9.50. The zero-order chi connectivity index (χ0) is 14.4. The highest BCUT2D eigenvalue weighted by molar-refractivity contribution is 14.0. The molecule has 2 rings (SSSR count). The molecule has 0 spiro atoms. The predicted molar refractivity (Wildman–Crippen MR) is 100 cm³/mol. The summed E-state index contributed by atoms with van der Waals surface area (Å²) in [6, 6.07) is 7.12. The first-order valence-electron chi connectivity index (χ1n) is 6.95. The van der Waals surface area contributed by atoms with Gasteiger partial charge in [0.15, 0.2) is 5.96 Å². The lowest BCUT2D eigenvalue weighted by Crippen LogP contribution is -2.42. The molecular weight excluding hydrogens is 400 g/mol. The van der Waals surface area contributed by atoms with Crippen molar-refractivity contribution in [2.45, 2.75) is 37.1 Å². The lowest BCUT2D eigenvalue weighted by atomic mass is 10.2. The third-order valence-electron chi connectivity index (χ3n) is 3.63. The van der Waals surface area contributed by atoms with Crippen LogP contribution in [0.4, 0.5) is 4.39 Å². The van der Waals surface area contributed by atoms with E-state index in [1.165, 1.54) is 25.3 Å². The van der Waals surface area contributed by atoms with Gasteiger partial charge in [0.1, 0.15) is 5.82 Å². The summed E-state index contributed by atoms with van der Waals surface area (Å²) in [6.45, 7) is 0.579. The van der Waals surface area contributed by atoms with Crippen LogP contribution in [0.15, 0.2) is 29.3 Å². The maximum absolute atomic E-state index is 13.1. The number of nitrogens with zero attached hydrogens (tertiary/aromatic N) is 1. The molecule has 21 heavy (non-hydrogen) atoms.